The Morgan fingerprint density at radius 3 is 2.12 bits per heavy atom. The Labute approximate surface area is 196 Å². The average molecular weight is 484 g/mol. The summed E-state index contributed by atoms with van der Waals surface area (Å²) in [6.07, 6.45) is 1.60. The maximum absolute atomic E-state index is 11.9. The second-order valence-corrected chi connectivity index (χ2v) is 9.25. The molecule has 1 atom stereocenters. The van der Waals surface area contributed by atoms with Crippen LogP contribution in [-0.4, -0.2) is 16.6 Å². The number of halogens is 1. The van der Waals surface area contributed by atoms with E-state index in [1.807, 2.05) is 91.9 Å². The lowest BCUT2D eigenvalue weighted by Crippen LogP contribution is -2.47. The smallest absolute Gasteiger partial charge is 0.204 e. The Morgan fingerprint density at radius 2 is 1.50 bits per heavy atom. The molecule has 3 aromatic carbocycles. The first-order valence-electron chi connectivity index (χ1n) is 10.6. The minimum absolute atomic E-state index is 0.550. The number of benzene rings is 3. The summed E-state index contributed by atoms with van der Waals surface area (Å²) in [5.74, 6) is 7.58. The van der Waals surface area contributed by atoms with Gasteiger partial charge in [-0.3, -0.25) is 0 Å². The summed E-state index contributed by atoms with van der Waals surface area (Å²) in [6, 6.07) is 27.4. The molecule has 1 heterocycles. The zero-order chi connectivity index (χ0) is 22.2. The fraction of sp³-hybridized carbons (Fsp3) is 0.179. The summed E-state index contributed by atoms with van der Waals surface area (Å²) in [7, 11) is 0. The van der Waals surface area contributed by atoms with Gasteiger partial charge in [0.2, 0.25) is 5.90 Å². The van der Waals surface area contributed by atoms with Crippen molar-refractivity contribution in [2.24, 2.45) is 10.4 Å². The van der Waals surface area contributed by atoms with Crippen LogP contribution in [0.1, 0.15) is 30.9 Å². The molecular formula is C28H22BrNO2. The molecule has 3 aromatic rings. The molecular weight excluding hydrogens is 462 g/mol. The van der Waals surface area contributed by atoms with E-state index >= 15 is 0 Å². The fourth-order valence-corrected chi connectivity index (χ4v) is 4.39. The van der Waals surface area contributed by atoms with E-state index < -0.39 is 11.0 Å². The molecule has 2 aliphatic rings. The number of aliphatic imine (C=N–C) groups is 1. The Bertz CT molecular complexity index is 1260. The molecule has 1 aliphatic heterocycles. The summed E-state index contributed by atoms with van der Waals surface area (Å²) in [4.78, 5) is 4.83. The molecule has 1 aliphatic carbocycles. The molecule has 1 unspecified atom stereocenters. The molecule has 3 nitrogen and oxygen atoms in total. The van der Waals surface area contributed by atoms with Crippen LogP contribution in [0.15, 0.2) is 100.0 Å². The molecule has 4 heteroatoms. The van der Waals surface area contributed by atoms with Crippen molar-refractivity contribution in [3.63, 3.8) is 0 Å². The van der Waals surface area contributed by atoms with Gasteiger partial charge in [0, 0.05) is 15.6 Å². The van der Waals surface area contributed by atoms with Gasteiger partial charge in [0.1, 0.15) is 5.60 Å². The van der Waals surface area contributed by atoms with Gasteiger partial charge in [0.05, 0.1) is 16.7 Å². The lowest BCUT2D eigenvalue weighted by atomic mass is 9.76. The molecule has 32 heavy (non-hydrogen) atoms. The number of aliphatic hydroxyl groups is 1. The largest absolute Gasteiger partial charge is 0.441 e. The maximum Gasteiger partial charge on any atom is 0.204 e. The summed E-state index contributed by atoms with van der Waals surface area (Å²) in [5, 5.41) is 11.9. The summed E-state index contributed by atoms with van der Waals surface area (Å²) < 4.78 is 7.46. The molecule has 1 fully saturated rings. The molecule has 0 saturated heterocycles. The number of hydrogen-bond acceptors (Lipinski definition) is 3. The third kappa shape index (κ3) is 3.68. The van der Waals surface area contributed by atoms with Crippen LogP contribution in [-0.2, 0) is 4.74 Å². The van der Waals surface area contributed by atoms with E-state index in [0.29, 0.717) is 17.2 Å². The average Bonchev–Trinajstić information content (AvgIpc) is 3.62. The predicted molar refractivity (Wildman–Crippen MR) is 131 cm³/mol. The highest BCUT2D eigenvalue weighted by atomic mass is 79.9. The fourth-order valence-electron chi connectivity index (χ4n) is 4.13. The van der Waals surface area contributed by atoms with Gasteiger partial charge >= 0.3 is 0 Å². The standard InChI is InChI=1S/C28H22BrNO2/c1-27(31)24(17-12-20-8-4-2-5-9-20)25(21-10-6-3-7-11-21)32-26(28(27)18-19-28)30-23-15-13-22(29)14-16-23/h2-11,13-16,31H,18-19H2,1H3. The molecule has 0 aromatic heterocycles. The van der Waals surface area contributed by atoms with Crippen molar-refractivity contribution >= 4 is 33.3 Å². The van der Waals surface area contributed by atoms with Gasteiger partial charge < -0.3 is 9.84 Å². The predicted octanol–water partition coefficient (Wildman–Crippen LogP) is 6.50. The van der Waals surface area contributed by atoms with Gasteiger partial charge in [-0.05, 0) is 56.2 Å². The van der Waals surface area contributed by atoms with Crippen molar-refractivity contribution in [2.75, 3.05) is 0 Å². The SMILES string of the molecule is CC1(O)C(C#Cc2ccccc2)=C(c2ccccc2)OC(=Nc2ccc(Br)cc2)C12CC2. The van der Waals surface area contributed by atoms with Crippen LogP contribution < -0.4 is 0 Å². The van der Waals surface area contributed by atoms with Gasteiger partial charge in [0.15, 0.2) is 5.76 Å². The summed E-state index contributed by atoms with van der Waals surface area (Å²) >= 11 is 3.47. The van der Waals surface area contributed by atoms with E-state index in [1.165, 1.54) is 0 Å². The molecule has 0 radical (unpaired) electrons. The zero-order valence-corrected chi connectivity index (χ0v) is 19.3. The van der Waals surface area contributed by atoms with Crippen LogP contribution >= 0.6 is 15.9 Å². The van der Waals surface area contributed by atoms with E-state index in [9.17, 15) is 5.11 Å². The third-order valence-corrected chi connectivity index (χ3v) is 6.73. The first kappa shape index (κ1) is 20.8. The lowest BCUT2D eigenvalue weighted by molar-refractivity contribution is 0.0397. The van der Waals surface area contributed by atoms with Crippen LogP contribution in [0.3, 0.4) is 0 Å². The number of rotatable bonds is 2. The van der Waals surface area contributed by atoms with Gasteiger partial charge in [-0.1, -0.05) is 76.3 Å². The van der Waals surface area contributed by atoms with Crippen LogP contribution in [0.4, 0.5) is 5.69 Å². The monoisotopic (exact) mass is 483 g/mol. The highest BCUT2D eigenvalue weighted by Gasteiger charge is 2.65. The maximum atomic E-state index is 11.9. The second-order valence-electron chi connectivity index (χ2n) is 8.34. The van der Waals surface area contributed by atoms with Crippen LogP contribution in [0.25, 0.3) is 5.76 Å². The van der Waals surface area contributed by atoms with Crippen molar-refractivity contribution in [3.05, 3.63) is 106 Å². The Kier molecular flexibility index (Phi) is 5.25. The van der Waals surface area contributed by atoms with Crippen LogP contribution in [0.2, 0.25) is 0 Å². The number of ether oxygens (including phenoxy) is 1. The minimum atomic E-state index is -1.20. The van der Waals surface area contributed by atoms with E-state index in [1.54, 1.807) is 0 Å². The molecule has 5 rings (SSSR count). The van der Waals surface area contributed by atoms with Crippen molar-refractivity contribution < 1.29 is 9.84 Å². The third-order valence-electron chi connectivity index (χ3n) is 6.20. The van der Waals surface area contributed by atoms with Gasteiger partial charge in [-0.2, -0.15) is 0 Å². The lowest BCUT2D eigenvalue weighted by Gasteiger charge is -2.39. The van der Waals surface area contributed by atoms with Crippen molar-refractivity contribution in [2.45, 2.75) is 25.4 Å². The molecule has 1 N–H and O–H groups in total. The molecule has 158 valence electrons. The van der Waals surface area contributed by atoms with E-state index in [4.69, 9.17) is 9.73 Å². The quantitative estimate of drug-likeness (QED) is 0.422. The Morgan fingerprint density at radius 1 is 0.875 bits per heavy atom. The first-order valence-corrected chi connectivity index (χ1v) is 11.4. The minimum Gasteiger partial charge on any atom is -0.441 e. The van der Waals surface area contributed by atoms with E-state index in [-0.39, 0.29) is 0 Å². The van der Waals surface area contributed by atoms with Gasteiger partial charge in [-0.25, -0.2) is 4.99 Å². The highest BCUT2D eigenvalue weighted by Crippen LogP contribution is 2.61. The molecule has 1 saturated carbocycles. The summed E-state index contributed by atoms with van der Waals surface area (Å²) in [6.45, 7) is 1.84. The van der Waals surface area contributed by atoms with Crippen molar-refractivity contribution in [1.29, 1.82) is 0 Å². The van der Waals surface area contributed by atoms with Crippen LogP contribution in [0, 0.1) is 17.3 Å². The normalized spacial score (nSPS) is 22.3. The molecule has 0 amide bonds. The van der Waals surface area contributed by atoms with Crippen molar-refractivity contribution in [1.82, 2.24) is 0 Å². The Hall–Kier alpha value is -3.13. The number of nitrogens with zero attached hydrogens (tertiary/aromatic N) is 1. The topological polar surface area (TPSA) is 41.8 Å². The van der Waals surface area contributed by atoms with Gasteiger partial charge in [-0.15, -0.1) is 0 Å². The van der Waals surface area contributed by atoms with Crippen molar-refractivity contribution in [3.8, 4) is 11.8 Å². The second kappa shape index (κ2) is 8.09. The summed E-state index contributed by atoms with van der Waals surface area (Å²) in [5.41, 5.74) is 1.37. The first-order chi connectivity index (χ1) is 15.5. The van der Waals surface area contributed by atoms with E-state index in [2.05, 4.69) is 27.8 Å². The van der Waals surface area contributed by atoms with Gasteiger partial charge in [0.25, 0.3) is 0 Å². The zero-order valence-electron chi connectivity index (χ0n) is 17.7. The van der Waals surface area contributed by atoms with E-state index in [0.717, 1.165) is 34.1 Å². The Balaban J connectivity index is 1.68. The highest BCUT2D eigenvalue weighted by molar-refractivity contribution is 9.10. The molecule has 0 bridgehead atoms. The number of hydrogen-bond donors (Lipinski definition) is 1. The van der Waals surface area contributed by atoms with Crippen LogP contribution in [0.5, 0.6) is 0 Å². The molecule has 1 spiro atoms.